The second-order valence-electron chi connectivity index (χ2n) is 5.05. The number of carbonyl (C=O) groups is 1. The quantitative estimate of drug-likeness (QED) is 0.748. The van der Waals surface area contributed by atoms with Crippen molar-refractivity contribution in [2.75, 3.05) is 26.7 Å². The highest BCUT2D eigenvalue weighted by Gasteiger charge is 2.08. The van der Waals surface area contributed by atoms with Gasteiger partial charge in [0.25, 0.3) is 0 Å². The van der Waals surface area contributed by atoms with E-state index in [2.05, 4.69) is 24.1 Å². The maximum absolute atomic E-state index is 11.6. The number of carbonyl (C=O) groups excluding carboxylic acids is 1. The number of rotatable bonds is 8. The molecule has 0 bridgehead atoms. The van der Waals surface area contributed by atoms with Gasteiger partial charge in [-0.2, -0.15) is 0 Å². The lowest BCUT2D eigenvalue weighted by Gasteiger charge is -2.16. The minimum atomic E-state index is 0.0804. The van der Waals surface area contributed by atoms with Gasteiger partial charge < -0.3 is 5.32 Å². The number of nitrogens with one attached hydrogen (secondary N) is 1. The molecule has 1 rings (SSSR count). The number of likely N-dealkylation sites (N-methyl/N-ethyl adjacent to an activating group) is 1. The summed E-state index contributed by atoms with van der Waals surface area (Å²) < 4.78 is 0. The predicted octanol–water partition coefficient (Wildman–Crippen LogP) is 2.13. The van der Waals surface area contributed by atoms with E-state index in [1.807, 2.05) is 17.3 Å². The van der Waals surface area contributed by atoms with Gasteiger partial charge in [0.1, 0.15) is 0 Å². The molecule has 0 aromatic carbocycles. The van der Waals surface area contributed by atoms with E-state index >= 15 is 0 Å². The summed E-state index contributed by atoms with van der Waals surface area (Å²) in [5.41, 5.74) is 0.930. The molecular formula is C13H22ClN3OS. The maximum Gasteiger partial charge on any atom is 0.234 e. The van der Waals surface area contributed by atoms with Crippen LogP contribution in [0.4, 0.5) is 0 Å². The van der Waals surface area contributed by atoms with Crippen molar-refractivity contribution >= 4 is 28.8 Å². The van der Waals surface area contributed by atoms with E-state index in [9.17, 15) is 4.79 Å². The fraction of sp³-hybridized carbons (Fsp3) is 0.692. The zero-order valence-corrected chi connectivity index (χ0v) is 13.4. The Hall–Kier alpha value is -0.650. The standard InChI is InChI=1S/C13H22ClN3OS/c1-10(2)7-15-12(18)8-17(3)5-4-13-16-11(6-14)9-19-13/h9-10H,4-8H2,1-3H3,(H,15,18). The molecule has 1 aromatic rings. The van der Waals surface area contributed by atoms with Crippen LogP contribution >= 0.6 is 22.9 Å². The average Bonchev–Trinajstić information content (AvgIpc) is 2.82. The van der Waals surface area contributed by atoms with E-state index in [0.29, 0.717) is 18.3 Å². The summed E-state index contributed by atoms with van der Waals surface area (Å²) in [7, 11) is 1.95. The van der Waals surface area contributed by atoms with Crippen LogP contribution in [0.1, 0.15) is 24.5 Å². The van der Waals surface area contributed by atoms with E-state index in [-0.39, 0.29) is 5.91 Å². The Morgan fingerprint density at radius 2 is 2.32 bits per heavy atom. The Labute approximate surface area is 124 Å². The highest BCUT2D eigenvalue weighted by atomic mass is 35.5. The first-order valence-corrected chi connectivity index (χ1v) is 7.87. The monoisotopic (exact) mass is 303 g/mol. The molecule has 0 aliphatic carbocycles. The van der Waals surface area contributed by atoms with Gasteiger partial charge in [-0.1, -0.05) is 13.8 Å². The van der Waals surface area contributed by atoms with Gasteiger partial charge in [-0.3, -0.25) is 9.69 Å². The van der Waals surface area contributed by atoms with Crippen molar-refractivity contribution in [3.8, 4) is 0 Å². The second kappa shape index (κ2) is 8.51. The fourth-order valence-electron chi connectivity index (χ4n) is 1.51. The molecule has 19 heavy (non-hydrogen) atoms. The number of hydrogen-bond acceptors (Lipinski definition) is 4. The van der Waals surface area contributed by atoms with Crippen LogP contribution in [0.3, 0.4) is 0 Å². The Kier molecular flexibility index (Phi) is 7.34. The lowest BCUT2D eigenvalue weighted by atomic mass is 10.2. The van der Waals surface area contributed by atoms with Crippen molar-refractivity contribution < 1.29 is 4.79 Å². The Balaban J connectivity index is 2.23. The molecular weight excluding hydrogens is 282 g/mol. The number of amides is 1. The van der Waals surface area contributed by atoms with Crippen LogP contribution in [0.5, 0.6) is 0 Å². The van der Waals surface area contributed by atoms with Crippen molar-refractivity contribution in [2.45, 2.75) is 26.1 Å². The van der Waals surface area contributed by atoms with Crippen molar-refractivity contribution in [3.05, 3.63) is 16.1 Å². The SMILES string of the molecule is CC(C)CNC(=O)CN(C)CCc1nc(CCl)cs1. The highest BCUT2D eigenvalue weighted by Crippen LogP contribution is 2.12. The predicted molar refractivity (Wildman–Crippen MR) is 80.7 cm³/mol. The number of nitrogens with zero attached hydrogens (tertiary/aromatic N) is 2. The van der Waals surface area contributed by atoms with Crippen LogP contribution in [0.25, 0.3) is 0 Å². The summed E-state index contributed by atoms with van der Waals surface area (Å²) in [5, 5.41) is 5.97. The van der Waals surface area contributed by atoms with Gasteiger partial charge >= 0.3 is 0 Å². The van der Waals surface area contributed by atoms with E-state index < -0.39 is 0 Å². The van der Waals surface area contributed by atoms with Gasteiger partial charge in [0, 0.05) is 24.9 Å². The molecule has 1 N–H and O–H groups in total. The third-order valence-electron chi connectivity index (χ3n) is 2.56. The second-order valence-corrected chi connectivity index (χ2v) is 6.26. The Morgan fingerprint density at radius 1 is 1.58 bits per heavy atom. The Morgan fingerprint density at radius 3 is 2.89 bits per heavy atom. The van der Waals surface area contributed by atoms with E-state index in [1.165, 1.54) is 0 Å². The zero-order chi connectivity index (χ0) is 14.3. The van der Waals surface area contributed by atoms with E-state index in [1.54, 1.807) is 11.3 Å². The number of hydrogen-bond donors (Lipinski definition) is 1. The van der Waals surface area contributed by atoms with Crippen LogP contribution in [-0.2, 0) is 17.1 Å². The molecule has 4 nitrogen and oxygen atoms in total. The lowest BCUT2D eigenvalue weighted by Crippen LogP contribution is -2.37. The van der Waals surface area contributed by atoms with Gasteiger partial charge in [-0.05, 0) is 13.0 Å². The first kappa shape index (κ1) is 16.4. The molecule has 0 unspecified atom stereocenters. The van der Waals surface area contributed by atoms with Crippen molar-refractivity contribution in [3.63, 3.8) is 0 Å². The molecule has 0 fully saturated rings. The van der Waals surface area contributed by atoms with Crippen molar-refractivity contribution in [1.82, 2.24) is 15.2 Å². The molecule has 0 aliphatic heterocycles. The molecule has 0 radical (unpaired) electrons. The van der Waals surface area contributed by atoms with Crippen LogP contribution in [0.2, 0.25) is 0 Å². The fourth-order valence-corrected chi connectivity index (χ4v) is 2.53. The third-order valence-corrected chi connectivity index (χ3v) is 3.80. The topological polar surface area (TPSA) is 45.2 Å². The minimum absolute atomic E-state index is 0.0804. The lowest BCUT2D eigenvalue weighted by molar-refractivity contribution is -0.122. The smallest absolute Gasteiger partial charge is 0.234 e. The van der Waals surface area contributed by atoms with Crippen LogP contribution < -0.4 is 5.32 Å². The van der Waals surface area contributed by atoms with Crippen LogP contribution in [-0.4, -0.2) is 42.5 Å². The molecule has 1 heterocycles. The largest absolute Gasteiger partial charge is 0.355 e. The highest BCUT2D eigenvalue weighted by molar-refractivity contribution is 7.09. The van der Waals surface area contributed by atoms with Gasteiger partial charge in [0.15, 0.2) is 0 Å². The summed E-state index contributed by atoms with van der Waals surface area (Å²) in [6.45, 7) is 6.16. The molecule has 0 aliphatic rings. The number of alkyl halides is 1. The van der Waals surface area contributed by atoms with Gasteiger partial charge in [0.2, 0.25) is 5.91 Å². The summed E-state index contributed by atoms with van der Waals surface area (Å²) in [6, 6.07) is 0. The number of thiazole rings is 1. The summed E-state index contributed by atoms with van der Waals surface area (Å²) in [5.74, 6) is 1.03. The first-order chi connectivity index (χ1) is 9.01. The molecule has 0 saturated carbocycles. The first-order valence-electron chi connectivity index (χ1n) is 6.45. The minimum Gasteiger partial charge on any atom is -0.355 e. The molecule has 108 valence electrons. The maximum atomic E-state index is 11.6. The van der Waals surface area contributed by atoms with Gasteiger partial charge in [0.05, 0.1) is 23.1 Å². The molecule has 0 spiro atoms. The van der Waals surface area contributed by atoms with Gasteiger partial charge in [-0.15, -0.1) is 22.9 Å². The summed E-state index contributed by atoms with van der Waals surface area (Å²) >= 11 is 7.34. The zero-order valence-electron chi connectivity index (χ0n) is 11.8. The van der Waals surface area contributed by atoms with Crippen LogP contribution in [0.15, 0.2) is 5.38 Å². The van der Waals surface area contributed by atoms with Crippen molar-refractivity contribution in [1.29, 1.82) is 0 Å². The normalized spacial score (nSPS) is 11.3. The number of halogens is 1. The average molecular weight is 304 g/mol. The molecule has 0 saturated heterocycles. The summed E-state index contributed by atoms with van der Waals surface area (Å²) in [4.78, 5) is 18.0. The van der Waals surface area contributed by atoms with Gasteiger partial charge in [-0.25, -0.2) is 4.98 Å². The van der Waals surface area contributed by atoms with Crippen molar-refractivity contribution in [2.24, 2.45) is 5.92 Å². The van der Waals surface area contributed by atoms with E-state index in [0.717, 1.165) is 30.2 Å². The number of aromatic nitrogens is 1. The molecule has 6 heteroatoms. The molecule has 1 aromatic heterocycles. The molecule has 0 atom stereocenters. The summed E-state index contributed by atoms with van der Waals surface area (Å²) in [6.07, 6.45) is 0.857. The Bertz CT molecular complexity index is 395. The van der Waals surface area contributed by atoms with Crippen LogP contribution in [0, 0.1) is 5.92 Å². The van der Waals surface area contributed by atoms with E-state index in [4.69, 9.17) is 11.6 Å². The third kappa shape index (κ3) is 6.89. The molecule has 1 amide bonds.